The molecule has 5 nitrogen and oxygen atoms in total. The molecule has 2 aliphatic heterocycles. The zero-order valence-electron chi connectivity index (χ0n) is 15.0. The molecule has 134 valence electrons. The Morgan fingerprint density at radius 1 is 1.11 bits per heavy atom. The maximum atomic E-state index is 6.01. The number of benzene rings is 2. The number of para-hydroxylation sites is 1. The van der Waals surface area contributed by atoms with Crippen molar-refractivity contribution >= 4 is 17.2 Å². The normalized spacial score (nSPS) is 16.9. The predicted molar refractivity (Wildman–Crippen MR) is 105 cm³/mol. The molecule has 1 atom stereocenters. The van der Waals surface area contributed by atoms with E-state index in [1.165, 1.54) is 0 Å². The lowest BCUT2D eigenvalue weighted by molar-refractivity contribution is 0.341. The average Bonchev–Trinajstić information content (AvgIpc) is 3.29. The molecule has 0 saturated carbocycles. The minimum absolute atomic E-state index is 0.0830. The van der Waals surface area contributed by atoms with Crippen molar-refractivity contribution in [3.63, 3.8) is 0 Å². The molecular weight excluding hydrogens is 338 g/mol. The molecule has 0 saturated heterocycles. The average molecular weight is 357 g/mol. The van der Waals surface area contributed by atoms with Crippen LogP contribution >= 0.6 is 0 Å². The summed E-state index contributed by atoms with van der Waals surface area (Å²) in [5.41, 5.74) is 5.26. The van der Waals surface area contributed by atoms with Gasteiger partial charge in [-0.25, -0.2) is 4.98 Å². The van der Waals surface area contributed by atoms with E-state index in [1.807, 2.05) is 36.4 Å². The number of fused-ring (bicyclic) bond motifs is 2. The molecule has 5 rings (SSSR count). The minimum Gasteiger partial charge on any atom is -0.492 e. The highest BCUT2D eigenvalue weighted by Crippen LogP contribution is 2.41. The van der Waals surface area contributed by atoms with Crippen molar-refractivity contribution in [3.8, 4) is 11.5 Å². The summed E-state index contributed by atoms with van der Waals surface area (Å²) in [7, 11) is 0. The zero-order chi connectivity index (χ0) is 18.2. The summed E-state index contributed by atoms with van der Waals surface area (Å²) in [6.07, 6.45) is 4.98. The van der Waals surface area contributed by atoms with E-state index in [4.69, 9.17) is 9.47 Å². The van der Waals surface area contributed by atoms with Crippen LogP contribution in [0.15, 0.2) is 54.7 Å². The molecule has 2 N–H and O–H groups in total. The number of hydrogen-bond donors (Lipinski definition) is 2. The van der Waals surface area contributed by atoms with Crippen molar-refractivity contribution in [2.24, 2.45) is 0 Å². The fraction of sp³-hybridized carbons (Fsp3) is 0.182. The third-order valence-electron chi connectivity index (χ3n) is 4.81. The number of anilines is 3. The Kier molecular flexibility index (Phi) is 3.85. The second kappa shape index (κ2) is 6.50. The van der Waals surface area contributed by atoms with Crippen molar-refractivity contribution in [1.29, 1.82) is 0 Å². The summed E-state index contributed by atoms with van der Waals surface area (Å²) in [6.45, 7) is 3.15. The fourth-order valence-corrected chi connectivity index (χ4v) is 3.48. The maximum Gasteiger partial charge on any atom is 0.148 e. The molecule has 2 radical (unpaired) electrons. The number of nitrogens with one attached hydrogen (secondary N) is 2. The van der Waals surface area contributed by atoms with Gasteiger partial charge in [0.15, 0.2) is 0 Å². The van der Waals surface area contributed by atoms with Gasteiger partial charge in [0.25, 0.3) is 0 Å². The Hall–Kier alpha value is -3.21. The molecule has 3 heterocycles. The van der Waals surface area contributed by atoms with E-state index in [0.29, 0.717) is 13.2 Å². The Morgan fingerprint density at radius 2 is 2.07 bits per heavy atom. The number of aryl methyl sites for hydroxylation is 1. The molecule has 0 bridgehead atoms. The van der Waals surface area contributed by atoms with Crippen LogP contribution in [-0.2, 0) is 0 Å². The van der Waals surface area contributed by atoms with E-state index in [1.54, 1.807) is 6.20 Å². The van der Waals surface area contributed by atoms with Gasteiger partial charge >= 0.3 is 0 Å². The molecule has 1 aromatic heterocycles. The first kappa shape index (κ1) is 16.0. The van der Waals surface area contributed by atoms with Crippen molar-refractivity contribution in [3.05, 3.63) is 77.8 Å². The van der Waals surface area contributed by atoms with Gasteiger partial charge in [-0.15, -0.1) is 0 Å². The second-order valence-electron chi connectivity index (χ2n) is 6.75. The molecule has 0 amide bonds. The molecule has 3 aromatic rings. The van der Waals surface area contributed by atoms with Gasteiger partial charge in [-0.1, -0.05) is 18.2 Å². The molecule has 0 fully saturated rings. The van der Waals surface area contributed by atoms with Crippen LogP contribution in [0.1, 0.15) is 22.7 Å². The number of pyridine rings is 1. The summed E-state index contributed by atoms with van der Waals surface area (Å²) in [6, 6.07) is 16.3. The van der Waals surface area contributed by atoms with Crippen LogP contribution in [0.25, 0.3) is 0 Å². The van der Waals surface area contributed by atoms with Gasteiger partial charge in [0, 0.05) is 29.1 Å². The molecular formula is C22H19N3O2. The topological polar surface area (TPSA) is 55.4 Å². The smallest absolute Gasteiger partial charge is 0.148 e. The van der Waals surface area contributed by atoms with E-state index in [9.17, 15) is 0 Å². The zero-order valence-corrected chi connectivity index (χ0v) is 15.0. The monoisotopic (exact) mass is 357 g/mol. The summed E-state index contributed by atoms with van der Waals surface area (Å²) < 4.78 is 11.6. The Labute approximate surface area is 158 Å². The van der Waals surface area contributed by atoms with E-state index in [2.05, 4.69) is 41.1 Å². The molecule has 0 spiro atoms. The first-order valence-electron chi connectivity index (χ1n) is 8.99. The summed E-state index contributed by atoms with van der Waals surface area (Å²) >= 11 is 0. The number of aromatic nitrogens is 1. The molecule has 2 aliphatic rings. The van der Waals surface area contributed by atoms with Gasteiger partial charge in [0.2, 0.25) is 0 Å². The number of hydrogen-bond acceptors (Lipinski definition) is 5. The van der Waals surface area contributed by atoms with Gasteiger partial charge in [-0.3, -0.25) is 0 Å². The van der Waals surface area contributed by atoms with E-state index < -0.39 is 0 Å². The standard InChI is InChI=1S/C22H19N3O2/c1-14-7-9-23-21(11-14)25-18-4-2-3-17-19(13-27-22(17)18)24-16-6-5-15-8-10-26-20(15)12-16/h2-7,9,11-12,19,24H,10,13H2,1H3,(H,23,25)/t19-/m1/s1. The first-order valence-corrected chi connectivity index (χ1v) is 8.99. The minimum atomic E-state index is 0.0830. The quantitative estimate of drug-likeness (QED) is 0.720. The Bertz CT molecular complexity index is 1000. The van der Waals surface area contributed by atoms with E-state index >= 15 is 0 Å². The first-order chi connectivity index (χ1) is 13.3. The van der Waals surface area contributed by atoms with Crippen LogP contribution in [0, 0.1) is 13.3 Å². The lowest BCUT2D eigenvalue weighted by Gasteiger charge is -2.14. The third-order valence-corrected chi connectivity index (χ3v) is 4.81. The molecule has 2 aromatic carbocycles. The van der Waals surface area contributed by atoms with Gasteiger partial charge in [-0.2, -0.15) is 0 Å². The van der Waals surface area contributed by atoms with Crippen LogP contribution in [0.4, 0.5) is 17.2 Å². The molecule has 0 aliphatic carbocycles. The second-order valence-corrected chi connectivity index (χ2v) is 6.75. The van der Waals surface area contributed by atoms with Crippen molar-refractivity contribution < 1.29 is 9.47 Å². The van der Waals surface area contributed by atoms with Crippen LogP contribution in [0.5, 0.6) is 11.5 Å². The molecule has 27 heavy (non-hydrogen) atoms. The summed E-state index contributed by atoms with van der Waals surface area (Å²) in [5, 5.41) is 6.92. The number of nitrogens with zero attached hydrogens (tertiary/aromatic N) is 1. The predicted octanol–water partition coefficient (Wildman–Crippen LogP) is 4.50. The number of rotatable bonds is 4. The van der Waals surface area contributed by atoms with Crippen LogP contribution in [-0.4, -0.2) is 18.2 Å². The van der Waals surface area contributed by atoms with Crippen LogP contribution in [0.2, 0.25) is 0 Å². The lowest BCUT2D eigenvalue weighted by Crippen LogP contribution is -2.11. The summed E-state index contributed by atoms with van der Waals surface area (Å²) in [4.78, 5) is 4.38. The SMILES string of the molecule is Cc1ccnc(Nc2cccc3c2OC[C@H]3Nc2ccc3c(c2)OC[C]3)c1. The van der Waals surface area contributed by atoms with Crippen LogP contribution in [0.3, 0.4) is 0 Å². The largest absolute Gasteiger partial charge is 0.492 e. The highest BCUT2D eigenvalue weighted by molar-refractivity contribution is 5.69. The lowest BCUT2D eigenvalue weighted by atomic mass is 10.1. The van der Waals surface area contributed by atoms with Gasteiger partial charge in [0.05, 0.1) is 18.2 Å². The maximum absolute atomic E-state index is 6.01. The van der Waals surface area contributed by atoms with E-state index in [0.717, 1.165) is 45.4 Å². The molecule has 5 heteroatoms. The third kappa shape index (κ3) is 3.05. The Balaban J connectivity index is 1.39. The van der Waals surface area contributed by atoms with Gasteiger partial charge in [0.1, 0.15) is 30.5 Å². The van der Waals surface area contributed by atoms with Gasteiger partial charge < -0.3 is 20.1 Å². The fourth-order valence-electron chi connectivity index (χ4n) is 3.48. The number of ether oxygens (including phenoxy) is 2. The van der Waals surface area contributed by atoms with Crippen molar-refractivity contribution in [2.45, 2.75) is 13.0 Å². The Morgan fingerprint density at radius 3 is 3.00 bits per heavy atom. The van der Waals surface area contributed by atoms with Crippen molar-refractivity contribution in [1.82, 2.24) is 4.98 Å². The van der Waals surface area contributed by atoms with Crippen molar-refractivity contribution in [2.75, 3.05) is 23.8 Å². The van der Waals surface area contributed by atoms with E-state index in [-0.39, 0.29) is 6.04 Å². The highest BCUT2D eigenvalue weighted by atomic mass is 16.5. The summed E-state index contributed by atoms with van der Waals surface area (Å²) in [5.74, 6) is 2.56. The van der Waals surface area contributed by atoms with Crippen LogP contribution < -0.4 is 20.1 Å². The molecule has 0 unspecified atom stereocenters. The highest BCUT2D eigenvalue weighted by Gasteiger charge is 2.27. The van der Waals surface area contributed by atoms with Gasteiger partial charge in [-0.05, 0) is 36.8 Å².